The van der Waals surface area contributed by atoms with Gasteiger partial charge in [-0.2, -0.15) is 11.8 Å². The van der Waals surface area contributed by atoms with Crippen LogP contribution in [-0.2, 0) is 0 Å². The van der Waals surface area contributed by atoms with Gasteiger partial charge in [-0.3, -0.25) is 0 Å². The van der Waals surface area contributed by atoms with Crippen LogP contribution in [0.5, 0.6) is 11.5 Å². The van der Waals surface area contributed by atoms with E-state index in [1.807, 2.05) is 17.8 Å². The van der Waals surface area contributed by atoms with Crippen LogP contribution in [0.15, 0.2) is 18.2 Å². The predicted molar refractivity (Wildman–Crippen MR) is 79.4 cm³/mol. The summed E-state index contributed by atoms with van der Waals surface area (Å²) in [7, 11) is 0. The van der Waals surface area contributed by atoms with Gasteiger partial charge in [0.05, 0.1) is 0 Å². The summed E-state index contributed by atoms with van der Waals surface area (Å²) in [6, 6.07) is 5.16. The van der Waals surface area contributed by atoms with Crippen LogP contribution in [0, 0.1) is 0 Å². The van der Waals surface area contributed by atoms with Gasteiger partial charge in [0.15, 0.2) is 11.5 Å². The molecule has 2 nitrogen and oxygen atoms in total. The fourth-order valence-electron chi connectivity index (χ4n) is 1.94. The second kappa shape index (κ2) is 8.30. The minimum absolute atomic E-state index is 0.0162. The fourth-order valence-corrected chi connectivity index (χ4v) is 3.18. The molecule has 2 N–H and O–H groups in total. The maximum Gasteiger partial charge on any atom is 0.157 e. The van der Waals surface area contributed by atoms with Crippen molar-refractivity contribution in [2.75, 3.05) is 5.75 Å². The van der Waals surface area contributed by atoms with Crippen LogP contribution in [-0.4, -0.2) is 16.0 Å². The minimum Gasteiger partial charge on any atom is -0.504 e. The van der Waals surface area contributed by atoms with E-state index in [0.29, 0.717) is 5.25 Å². The number of phenolic OH excluding ortho intramolecular Hbond substituents is 2. The third-order valence-electron chi connectivity index (χ3n) is 3.06. The van der Waals surface area contributed by atoms with Crippen molar-refractivity contribution in [1.29, 1.82) is 0 Å². The van der Waals surface area contributed by atoms with E-state index in [2.05, 4.69) is 13.8 Å². The van der Waals surface area contributed by atoms with Crippen molar-refractivity contribution >= 4 is 11.8 Å². The molecule has 1 aromatic carbocycles. The van der Waals surface area contributed by atoms with E-state index in [-0.39, 0.29) is 11.5 Å². The summed E-state index contributed by atoms with van der Waals surface area (Å²) >= 11 is 1.95. The molecule has 0 aliphatic heterocycles. The zero-order valence-electron chi connectivity index (χ0n) is 11.4. The topological polar surface area (TPSA) is 40.5 Å². The van der Waals surface area contributed by atoms with E-state index >= 15 is 0 Å². The normalized spacial score (nSPS) is 12.6. The van der Waals surface area contributed by atoms with Gasteiger partial charge < -0.3 is 10.2 Å². The highest BCUT2D eigenvalue weighted by molar-refractivity contribution is 7.99. The van der Waals surface area contributed by atoms with Gasteiger partial charge in [0.2, 0.25) is 0 Å². The van der Waals surface area contributed by atoms with Crippen LogP contribution in [0.4, 0.5) is 0 Å². The predicted octanol–water partition coefficient (Wildman–Crippen LogP) is 4.86. The van der Waals surface area contributed by atoms with Crippen molar-refractivity contribution in [3.63, 3.8) is 0 Å². The molecule has 0 amide bonds. The number of unbranched alkanes of at least 4 members (excludes halogenated alkanes) is 3. The van der Waals surface area contributed by atoms with Gasteiger partial charge in [-0.15, -0.1) is 0 Å². The largest absolute Gasteiger partial charge is 0.504 e. The van der Waals surface area contributed by atoms with E-state index in [4.69, 9.17) is 0 Å². The summed E-state index contributed by atoms with van der Waals surface area (Å²) in [6.45, 7) is 4.38. The molecule has 3 heteroatoms. The number of phenols is 2. The molecule has 0 saturated heterocycles. The molecule has 1 rings (SSSR count). The molecule has 1 aromatic rings. The van der Waals surface area contributed by atoms with Crippen molar-refractivity contribution in [3.8, 4) is 11.5 Å². The lowest BCUT2D eigenvalue weighted by Crippen LogP contribution is -1.94. The summed E-state index contributed by atoms with van der Waals surface area (Å²) in [6.07, 6.45) is 6.20. The average molecular weight is 268 g/mol. The zero-order valence-corrected chi connectivity index (χ0v) is 12.2. The Morgan fingerprint density at radius 2 is 1.83 bits per heavy atom. The van der Waals surface area contributed by atoms with E-state index in [9.17, 15) is 10.2 Å². The Balaban J connectivity index is 2.47. The van der Waals surface area contributed by atoms with E-state index in [1.165, 1.54) is 31.4 Å². The summed E-state index contributed by atoms with van der Waals surface area (Å²) in [5.74, 6) is 1.11. The molecule has 102 valence electrons. The summed E-state index contributed by atoms with van der Waals surface area (Å²) in [5, 5.41) is 19.3. The van der Waals surface area contributed by atoms with Gasteiger partial charge in [0, 0.05) is 5.25 Å². The first-order valence-electron chi connectivity index (χ1n) is 6.82. The van der Waals surface area contributed by atoms with Crippen LogP contribution in [0.25, 0.3) is 0 Å². The van der Waals surface area contributed by atoms with Crippen LogP contribution < -0.4 is 0 Å². The monoisotopic (exact) mass is 268 g/mol. The van der Waals surface area contributed by atoms with Crippen LogP contribution in [0.3, 0.4) is 0 Å². The quantitative estimate of drug-likeness (QED) is 0.522. The maximum absolute atomic E-state index is 9.53. The lowest BCUT2D eigenvalue weighted by Gasteiger charge is -2.15. The minimum atomic E-state index is -0.0402. The molecule has 1 atom stereocenters. The van der Waals surface area contributed by atoms with Gasteiger partial charge in [0.1, 0.15) is 0 Å². The van der Waals surface area contributed by atoms with E-state index < -0.39 is 0 Å². The highest BCUT2D eigenvalue weighted by Gasteiger charge is 2.11. The molecule has 0 spiro atoms. The molecule has 0 aliphatic rings. The Kier molecular flexibility index (Phi) is 7.02. The first kappa shape index (κ1) is 15.2. The summed E-state index contributed by atoms with van der Waals surface area (Å²) < 4.78 is 0. The van der Waals surface area contributed by atoms with Crippen molar-refractivity contribution in [3.05, 3.63) is 23.8 Å². The first-order chi connectivity index (χ1) is 8.69. The lowest BCUT2D eigenvalue weighted by molar-refractivity contribution is 0.403. The Labute approximate surface area is 114 Å². The molecule has 0 fully saturated rings. The number of thioether (sulfide) groups is 1. The van der Waals surface area contributed by atoms with Gasteiger partial charge in [-0.05, 0) is 36.3 Å². The van der Waals surface area contributed by atoms with Gasteiger partial charge in [0.25, 0.3) is 0 Å². The summed E-state index contributed by atoms with van der Waals surface area (Å²) in [4.78, 5) is 0. The fraction of sp³-hybridized carbons (Fsp3) is 0.600. The van der Waals surface area contributed by atoms with E-state index in [0.717, 1.165) is 12.0 Å². The molecule has 1 unspecified atom stereocenters. The smallest absolute Gasteiger partial charge is 0.157 e. The second-order valence-corrected chi connectivity index (χ2v) is 5.89. The first-order valence-corrected chi connectivity index (χ1v) is 7.87. The molecule has 0 saturated carbocycles. The van der Waals surface area contributed by atoms with E-state index in [1.54, 1.807) is 12.1 Å². The third kappa shape index (κ3) is 4.81. The molecule has 18 heavy (non-hydrogen) atoms. The molecular weight excluding hydrogens is 244 g/mol. The Morgan fingerprint density at radius 3 is 2.44 bits per heavy atom. The standard InChI is InChI=1S/C15H24O2S/c1-3-5-6-7-10-18-15(4-2)12-8-9-13(16)14(17)11-12/h8-9,11,15-17H,3-7,10H2,1-2H3. The molecule has 0 radical (unpaired) electrons. The SMILES string of the molecule is CCCCCCSC(CC)c1ccc(O)c(O)c1. The highest BCUT2D eigenvalue weighted by atomic mass is 32.2. The Morgan fingerprint density at radius 1 is 1.06 bits per heavy atom. The third-order valence-corrected chi connectivity index (χ3v) is 4.59. The van der Waals surface area contributed by atoms with Crippen molar-refractivity contribution in [2.45, 2.75) is 51.2 Å². The molecule has 0 heterocycles. The van der Waals surface area contributed by atoms with Gasteiger partial charge in [-0.25, -0.2) is 0 Å². The average Bonchev–Trinajstić information content (AvgIpc) is 2.37. The number of benzene rings is 1. The van der Waals surface area contributed by atoms with Crippen molar-refractivity contribution in [2.24, 2.45) is 0 Å². The second-order valence-electron chi connectivity index (χ2n) is 4.58. The van der Waals surface area contributed by atoms with Gasteiger partial charge >= 0.3 is 0 Å². The van der Waals surface area contributed by atoms with Crippen molar-refractivity contribution in [1.82, 2.24) is 0 Å². The van der Waals surface area contributed by atoms with Crippen molar-refractivity contribution < 1.29 is 10.2 Å². The highest BCUT2D eigenvalue weighted by Crippen LogP contribution is 2.36. The Bertz CT molecular complexity index is 352. The van der Waals surface area contributed by atoms with Crippen LogP contribution >= 0.6 is 11.8 Å². The molecule has 0 aromatic heterocycles. The Hall–Kier alpha value is -0.830. The maximum atomic E-state index is 9.53. The number of hydrogen-bond donors (Lipinski definition) is 2. The lowest BCUT2D eigenvalue weighted by atomic mass is 10.1. The summed E-state index contributed by atoms with van der Waals surface area (Å²) in [5.41, 5.74) is 1.10. The molecule has 0 bridgehead atoms. The van der Waals surface area contributed by atoms with Crippen LogP contribution in [0.1, 0.15) is 56.8 Å². The van der Waals surface area contributed by atoms with Crippen LogP contribution in [0.2, 0.25) is 0 Å². The zero-order chi connectivity index (χ0) is 13.4. The molecule has 0 aliphatic carbocycles. The number of aromatic hydroxyl groups is 2. The molecular formula is C15H24O2S. The van der Waals surface area contributed by atoms with Gasteiger partial charge in [-0.1, -0.05) is 39.2 Å². The number of rotatable bonds is 8. The number of hydrogen-bond acceptors (Lipinski definition) is 3.